The zero-order valence-electron chi connectivity index (χ0n) is 11.6. The van der Waals surface area contributed by atoms with Gasteiger partial charge >= 0.3 is 0 Å². The van der Waals surface area contributed by atoms with Gasteiger partial charge in [0.1, 0.15) is 5.75 Å². The molecule has 104 valence electrons. The molecule has 1 aromatic rings. The summed E-state index contributed by atoms with van der Waals surface area (Å²) >= 11 is 0. The van der Waals surface area contributed by atoms with Crippen molar-refractivity contribution in [3.8, 4) is 5.75 Å². The van der Waals surface area contributed by atoms with Gasteiger partial charge in [-0.3, -0.25) is 4.79 Å². The SMILES string of the molecule is CCc1ccc(C(=O)NC2CC(O)C2(C)C)c(O)c1. The van der Waals surface area contributed by atoms with Crippen LogP contribution >= 0.6 is 0 Å². The number of aliphatic hydroxyl groups is 1. The maximum Gasteiger partial charge on any atom is 0.255 e. The first-order valence-corrected chi connectivity index (χ1v) is 6.67. The molecule has 2 rings (SSSR count). The number of aryl methyl sites for hydroxylation is 1. The Morgan fingerprint density at radius 1 is 1.47 bits per heavy atom. The minimum absolute atomic E-state index is 0.00882. The molecule has 0 spiro atoms. The lowest BCUT2D eigenvalue weighted by Gasteiger charge is -2.49. The molecular weight excluding hydrogens is 242 g/mol. The number of benzene rings is 1. The standard InChI is InChI=1S/C15H21NO3/c1-4-9-5-6-10(11(17)7-9)14(19)16-12-8-13(18)15(12,2)3/h5-7,12-13,17-18H,4,8H2,1-3H3,(H,16,19). The van der Waals surface area contributed by atoms with Crippen molar-refractivity contribution in [3.63, 3.8) is 0 Å². The minimum atomic E-state index is -0.381. The lowest BCUT2D eigenvalue weighted by Crippen LogP contribution is -2.61. The minimum Gasteiger partial charge on any atom is -0.507 e. The molecule has 0 aromatic heterocycles. The van der Waals surface area contributed by atoms with E-state index in [0.29, 0.717) is 6.42 Å². The van der Waals surface area contributed by atoms with Crippen LogP contribution in [0, 0.1) is 5.41 Å². The quantitative estimate of drug-likeness (QED) is 0.779. The van der Waals surface area contributed by atoms with Gasteiger partial charge in [-0.2, -0.15) is 0 Å². The molecule has 1 fully saturated rings. The predicted molar refractivity (Wildman–Crippen MR) is 73.1 cm³/mol. The second-order valence-corrected chi connectivity index (χ2v) is 5.80. The lowest BCUT2D eigenvalue weighted by atomic mass is 9.64. The van der Waals surface area contributed by atoms with Gasteiger partial charge < -0.3 is 15.5 Å². The van der Waals surface area contributed by atoms with E-state index in [2.05, 4.69) is 5.32 Å². The number of hydrogen-bond donors (Lipinski definition) is 3. The molecule has 1 aliphatic carbocycles. The Morgan fingerprint density at radius 3 is 2.63 bits per heavy atom. The van der Waals surface area contributed by atoms with Gasteiger partial charge in [-0.15, -0.1) is 0 Å². The van der Waals surface area contributed by atoms with Crippen LogP contribution in [-0.4, -0.2) is 28.3 Å². The third-order valence-electron chi connectivity index (χ3n) is 4.24. The molecule has 4 nitrogen and oxygen atoms in total. The van der Waals surface area contributed by atoms with Crippen molar-refractivity contribution >= 4 is 5.91 Å². The average molecular weight is 263 g/mol. The van der Waals surface area contributed by atoms with Gasteiger partial charge in [-0.25, -0.2) is 0 Å². The maximum absolute atomic E-state index is 12.1. The third kappa shape index (κ3) is 2.45. The molecule has 1 amide bonds. The molecule has 0 radical (unpaired) electrons. The second kappa shape index (κ2) is 4.85. The molecule has 2 atom stereocenters. The normalized spacial score (nSPS) is 24.6. The van der Waals surface area contributed by atoms with Crippen molar-refractivity contribution in [3.05, 3.63) is 29.3 Å². The summed E-state index contributed by atoms with van der Waals surface area (Å²) in [6, 6.07) is 5.05. The first-order valence-electron chi connectivity index (χ1n) is 6.67. The Labute approximate surface area is 113 Å². The number of rotatable bonds is 3. The van der Waals surface area contributed by atoms with E-state index in [1.54, 1.807) is 12.1 Å². The highest BCUT2D eigenvalue weighted by atomic mass is 16.3. The van der Waals surface area contributed by atoms with Gasteiger partial charge in [0, 0.05) is 11.5 Å². The largest absolute Gasteiger partial charge is 0.507 e. The van der Waals surface area contributed by atoms with Gasteiger partial charge in [0.2, 0.25) is 0 Å². The van der Waals surface area contributed by atoms with Crippen LogP contribution in [0.25, 0.3) is 0 Å². The van der Waals surface area contributed by atoms with Crippen LogP contribution in [0.1, 0.15) is 43.1 Å². The molecule has 0 saturated heterocycles. The van der Waals surface area contributed by atoms with Crippen LogP contribution in [0.15, 0.2) is 18.2 Å². The van der Waals surface area contributed by atoms with E-state index in [-0.39, 0.29) is 34.8 Å². The highest BCUT2D eigenvalue weighted by Crippen LogP contribution is 2.40. The van der Waals surface area contributed by atoms with Crippen LogP contribution in [0.2, 0.25) is 0 Å². The highest BCUT2D eigenvalue weighted by Gasteiger charge is 2.48. The highest BCUT2D eigenvalue weighted by molar-refractivity contribution is 5.97. The molecule has 1 saturated carbocycles. The number of carbonyl (C=O) groups is 1. The molecule has 0 bridgehead atoms. The van der Waals surface area contributed by atoms with Crippen molar-refractivity contribution < 1.29 is 15.0 Å². The van der Waals surface area contributed by atoms with Crippen molar-refractivity contribution in [2.75, 3.05) is 0 Å². The number of aromatic hydroxyl groups is 1. The lowest BCUT2D eigenvalue weighted by molar-refractivity contribution is -0.0689. The topological polar surface area (TPSA) is 69.6 Å². The van der Waals surface area contributed by atoms with Gasteiger partial charge in [0.25, 0.3) is 5.91 Å². The van der Waals surface area contributed by atoms with Crippen LogP contribution in [0.4, 0.5) is 0 Å². The number of nitrogens with one attached hydrogen (secondary N) is 1. The average Bonchev–Trinajstić information content (AvgIpc) is 2.37. The van der Waals surface area contributed by atoms with Gasteiger partial charge in [0.05, 0.1) is 11.7 Å². The Morgan fingerprint density at radius 2 is 2.16 bits per heavy atom. The molecule has 3 N–H and O–H groups in total. The number of phenols is 1. The van der Waals surface area contributed by atoms with E-state index in [1.165, 1.54) is 0 Å². The van der Waals surface area contributed by atoms with Crippen LogP contribution < -0.4 is 5.32 Å². The van der Waals surface area contributed by atoms with Crippen molar-refractivity contribution in [1.29, 1.82) is 0 Å². The molecule has 1 aromatic carbocycles. The Balaban J connectivity index is 2.09. The number of amides is 1. The van der Waals surface area contributed by atoms with Gasteiger partial charge in [-0.05, 0) is 30.5 Å². The summed E-state index contributed by atoms with van der Waals surface area (Å²) in [5.74, 6) is -0.278. The van der Waals surface area contributed by atoms with E-state index in [9.17, 15) is 15.0 Å². The second-order valence-electron chi connectivity index (χ2n) is 5.80. The molecule has 1 aliphatic rings. The molecule has 19 heavy (non-hydrogen) atoms. The molecule has 2 unspecified atom stereocenters. The molecular formula is C15H21NO3. The summed E-state index contributed by atoms with van der Waals surface area (Å²) in [5.41, 5.74) is 0.970. The van der Waals surface area contributed by atoms with E-state index < -0.39 is 0 Å². The molecule has 0 heterocycles. The zero-order chi connectivity index (χ0) is 14.2. The molecule has 4 heteroatoms. The zero-order valence-corrected chi connectivity index (χ0v) is 11.6. The smallest absolute Gasteiger partial charge is 0.255 e. The van der Waals surface area contributed by atoms with Crippen molar-refractivity contribution in [1.82, 2.24) is 5.32 Å². The monoisotopic (exact) mass is 263 g/mol. The maximum atomic E-state index is 12.1. The number of phenolic OH excluding ortho intramolecular Hbond substituents is 1. The van der Waals surface area contributed by atoms with Crippen LogP contribution in [-0.2, 0) is 6.42 Å². The molecule has 0 aliphatic heterocycles. The van der Waals surface area contributed by atoms with Crippen molar-refractivity contribution in [2.24, 2.45) is 5.41 Å². The van der Waals surface area contributed by atoms with E-state index >= 15 is 0 Å². The van der Waals surface area contributed by atoms with E-state index in [0.717, 1.165) is 12.0 Å². The number of aliphatic hydroxyl groups excluding tert-OH is 1. The summed E-state index contributed by atoms with van der Waals surface area (Å²) in [4.78, 5) is 12.1. The van der Waals surface area contributed by atoms with Gasteiger partial charge in [-0.1, -0.05) is 26.8 Å². The van der Waals surface area contributed by atoms with E-state index in [1.807, 2.05) is 26.8 Å². The fourth-order valence-electron chi connectivity index (χ4n) is 2.37. The van der Waals surface area contributed by atoms with Crippen molar-refractivity contribution in [2.45, 2.75) is 45.8 Å². The Bertz CT molecular complexity index is 496. The predicted octanol–water partition coefficient (Wildman–Crippen LogP) is 1.84. The first kappa shape index (κ1) is 13.9. The number of hydrogen-bond acceptors (Lipinski definition) is 3. The number of carbonyl (C=O) groups excluding carboxylic acids is 1. The summed E-state index contributed by atoms with van der Waals surface area (Å²) in [5, 5.41) is 22.4. The first-order chi connectivity index (χ1) is 8.86. The Hall–Kier alpha value is -1.55. The summed E-state index contributed by atoms with van der Waals surface area (Å²) in [6.07, 6.45) is 0.998. The van der Waals surface area contributed by atoms with E-state index in [4.69, 9.17) is 0 Å². The summed E-state index contributed by atoms with van der Waals surface area (Å²) < 4.78 is 0. The summed E-state index contributed by atoms with van der Waals surface area (Å²) in [7, 11) is 0. The summed E-state index contributed by atoms with van der Waals surface area (Å²) in [6.45, 7) is 5.84. The van der Waals surface area contributed by atoms with Crippen LogP contribution in [0.5, 0.6) is 5.75 Å². The van der Waals surface area contributed by atoms with Gasteiger partial charge in [0.15, 0.2) is 0 Å². The van der Waals surface area contributed by atoms with Crippen LogP contribution in [0.3, 0.4) is 0 Å². The third-order valence-corrected chi connectivity index (χ3v) is 4.24. The fourth-order valence-corrected chi connectivity index (χ4v) is 2.37. The fraction of sp³-hybridized carbons (Fsp3) is 0.533. The Kier molecular flexibility index (Phi) is 3.54.